The van der Waals surface area contributed by atoms with Crippen LogP contribution in [0.2, 0.25) is 0 Å². The third-order valence-electron chi connectivity index (χ3n) is 1.18. The number of halogens is 2. The van der Waals surface area contributed by atoms with Crippen LogP contribution in [-0.4, -0.2) is 52.9 Å². The summed E-state index contributed by atoms with van der Waals surface area (Å²) < 4.78 is 34.8. The van der Waals surface area contributed by atoms with Crippen molar-refractivity contribution in [2.24, 2.45) is 11.5 Å². The summed E-state index contributed by atoms with van der Waals surface area (Å²) in [5, 5.41) is 8.29. The summed E-state index contributed by atoms with van der Waals surface area (Å²) in [7, 11) is -3.41. The van der Waals surface area contributed by atoms with Crippen molar-refractivity contribution in [1.29, 1.82) is 0 Å². The average Bonchev–Trinajstić information content (AvgIpc) is 2.22. The quantitative estimate of drug-likeness (QED) is 0.390. The van der Waals surface area contributed by atoms with Crippen LogP contribution < -0.4 is 11.5 Å². The molecule has 0 aromatic rings. The molecule has 0 fully saturated rings. The van der Waals surface area contributed by atoms with E-state index in [1.165, 1.54) is 0 Å². The first-order valence-corrected chi connectivity index (χ1v) is 6.11. The van der Waals surface area contributed by atoms with Gasteiger partial charge in [-0.1, -0.05) is 0 Å². The first kappa shape index (κ1) is 21.2. The summed E-state index contributed by atoms with van der Waals surface area (Å²) in [4.78, 5) is 10.2. The summed E-state index contributed by atoms with van der Waals surface area (Å²) in [5.41, 5.74) is 10.0. The van der Waals surface area contributed by atoms with Gasteiger partial charge in [0.25, 0.3) is 0 Å². The van der Waals surface area contributed by atoms with Crippen molar-refractivity contribution in [2.45, 2.75) is 6.04 Å². The second-order valence-corrected chi connectivity index (χ2v) is 4.58. The predicted octanol–water partition coefficient (Wildman–Crippen LogP) is -1.96. The maximum Gasteiger partial charge on any atom is 0.321 e. The van der Waals surface area contributed by atoms with Crippen LogP contribution in [0.5, 0.6) is 0 Å². The molecule has 0 radical (unpaired) electrons. The molecule has 0 saturated heterocycles. The van der Waals surface area contributed by atoms with Crippen molar-refractivity contribution in [2.75, 3.05) is 18.1 Å². The summed E-state index contributed by atoms with van der Waals surface area (Å²) in [5.74, 6) is -2.11. The largest absolute Gasteiger partial charge is 0.480 e. The Balaban J connectivity index is -0.000000376. The van der Waals surface area contributed by atoms with E-state index in [0.717, 1.165) is 0 Å². The molecule has 16 heavy (non-hydrogen) atoms. The van der Waals surface area contributed by atoms with Gasteiger partial charge in [-0.15, -0.1) is 0 Å². The van der Waals surface area contributed by atoms with Gasteiger partial charge < -0.3 is 16.6 Å². The number of aliphatic carboxylic acids is 1. The Labute approximate surface area is 103 Å². The molecule has 11 heteroatoms. The lowest BCUT2D eigenvalue weighted by Gasteiger charge is -2.05. The van der Waals surface area contributed by atoms with E-state index < -0.39 is 27.6 Å². The minimum Gasteiger partial charge on any atom is -0.480 e. The summed E-state index contributed by atoms with van der Waals surface area (Å²) in [6, 6.07) is -1.36. The Morgan fingerprint density at radius 1 is 1.25 bits per heavy atom. The van der Waals surface area contributed by atoms with E-state index in [4.69, 9.17) is 25.9 Å². The maximum atomic E-state index is 10.9. The third-order valence-corrected chi connectivity index (χ3v) is 2.90. The fourth-order valence-electron chi connectivity index (χ4n) is 0.608. The number of sulfone groups is 1. The first-order chi connectivity index (χ1) is 7.39. The zero-order chi connectivity index (χ0) is 13.8. The van der Waals surface area contributed by atoms with Gasteiger partial charge in [-0.3, -0.25) is 14.1 Å². The Hall–Kier alpha value is -0.160. The monoisotopic (exact) mass is 300 g/mol. The average molecular weight is 301 g/mol. The molecule has 0 aliphatic heterocycles. The molecule has 0 bridgehead atoms. The molecule has 0 heterocycles. The molecule has 7 N–H and O–H groups in total. The van der Waals surface area contributed by atoms with Gasteiger partial charge in [0.15, 0.2) is 9.84 Å². The second-order valence-electron chi connectivity index (χ2n) is 2.35. The van der Waals surface area contributed by atoms with Gasteiger partial charge in [-0.2, -0.15) is 0 Å². The minimum absolute atomic E-state index is 0.0192. The Bertz CT molecular complexity index is 260. The number of nitrogens with two attached hydrogens (primary N) is 2. The topological polar surface area (TPSA) is 164 Å². The molecule has 0 spiro atoms. The lowest BCUT2D eigenvalue weighted by atomic mass is 10.4. The highest BCUT2D eigenvalue weighted by atomic mass is 35.5. The fourth-order valence-corrected chi connectivity index (χ4v) is 1.82. The summed E-state index contributed by atoms with van der Waals surface area (Å²) >= 11 is 7.28. The lowest BCUT2D eigenvalue weighted by Crippen LogP contribution is -2.38. The van der Waals surface area contributed by atoms with E-state index in [9.17, 15) is 13.2 Å². The highest BCUT2D eigenvalue weighted by molar-refractivity contribution is 7.91. The SMILES string of the molecule is NCCS(=O)(=O)C[C@H](N)C(=O)O.OCl.OCl. The van der Waals surface area contributed by atoms with Gasteiger partial charge in [0.1, 0.15) is 6.04 Å². The molecule has 0 saturated carbocycles. The molecule has 0 aromatic heterocycles. The molecule has 0 aromatic carbocycles. The van der Waals surface area contributed by atoms with Crippen LogP contribution >= 0.6 is 23.7 Å². The molecule has 0 unspecified atom stereocenters. The highest BCUT2D eigenvalue weighted by Gasteiger charge is 2.20. The number of hydrogen-bond acceptors (Lipinski definition) is 7. The van der Waals surface area contributed by atoms with Gasteiger partial charge in [0.05, 0.1) is 35.2 Å². The maximum absolute atomic E-state index is 10.9. The van der Waals surface area contributed by atoms with E-state index in [1.54, 1.807) is 0 Å². The molecule has 100 valence electrons. The van der Waals surface area contributed by atoms with Crippen LogP contribution in [0.15, 0.2) is 0 Å². The number of carboxylic acids is 1. The smallest absolute Gasteiger partial charge is 0.321 e. The van der Waals surface area contributed by atoms with Crippen molar-refractivity contribution in [3.05, 3.63) is 0 Å². The Kier molecular flexibility index (Phi) is 17.1. The highest BCUT2D eigenvalue weighted by Crippen LogP contribution is 1.92. The van der Waals surface area contributed by atoms with Gasteiger partial charge in [-0.05, 0) is 0 Å². The number of rotatable bonds is 5. The molecule has 0 aliphatic carbocycles. The molecule has 8 nitrogen and oxygen atoms in total. The van der Waals surface area contributed by atoms with Crippen molar-refractivity contribution in [1.82, 2.24) is 0 Å². The van der Waals surface area contributed by atoms with Crippen molar-refractivity contribution in [3.8, 4) is 0 Å². The van der Waals surface area contributed by atoms with E-state index in [1.807, 2.05) is 0 Å². The van der Waals surface area contributed by atoms with Crippen LogP contribution in [0.25, 0.3) is 0 Å². The molecule has 1 atom stereocenters. The zero-order valence-electron chi connectivity index (χ0n) is 8.08. The molecule has 0 aliphatic rings. The van der Waals surface area contributed by atoms with Crippen LogP contribution in [0.3, 0.4) is 0 Å². The number of carboxylic acid groups (broad SMARTS) is 1. The summed E-state index contributed by atoms with van der Waals surface area (Å²) in [6.07, 6.45) is 0. The molecule has 0 rings (SSSR count). The van der Waals surface area contributed by atoms with Gasteiger partial charge in [-0.25, -0.2) is 8.42 Å². The van der Waals surface area contributed by atoms with Gasteiger partial charge in [0.2, 0.25) is 0 Å². The van der Waals surface area contributed by atoms with E-state index in [0.29, 0.717) is 0 Å². The zero-order valence-corrected chi connectivity index (χ0v) is 10.4. The van der Waals surface area contributed by atoms with E-state index in [2.05, 4.69) is 23.7 Å². The van der Waals surface area contributed by atoms with Gasteiger partial charge in [0, 0.05) is 6.54 Å². The van der Waals surface area contributed by atoms with E-state index >= 15 is 0 Å². The Morgan fingerprint density at radius 3 is 1.88 bits per heavy atom. The van der Waals surface area contributed by atoms with Crippen molar-refractivity contribution >= 4 is 39.5 Å². The van der Waals surface area contributed by atoms with Crippen LogP contribution in [0.1, 0.15) is 0 Å². The van der Waals surface area contributed by atoms with Crippen LogP contribution in [0.4, 0.5) is 0 Å². The number of carbonyl (C=O) groups is 1. The van der Waals surface area contributed by atoms with Crippen LogP contribution in [-0.2, 0) is 14.6 Å². The number of hydrogen-bond donors (Lipinski definition) is 5. The summed E-state index contributed by atoms with van der Waals surface area (Å²) in [6.45, 7) is -0.0192. The lowest BCUT2D eigenvalue weighted by molar-refractivity contribution is -0.137. The Morgan fingerprint density at radius 2 is 1.62 bits per heavy atom. The van der Waals surface area contributed by atoms with Crippen LogP contribution in [0, 0.1) is 0 Å². The molecular weight excluding hydrogens is 287 g/mol. The molecule has 0 amide bonds. The minimum atomic E-state index is -3.41. The standard InChI is InChI=1S/C5H12N2O4S.2ClHO/c6-1-2-12(10,11)3-4(7)5(8)9;2*1-2/h4H,1-3,6-7H2,(H,8,9);2*2H/t4-;;/m0../s1. The third kappa shape index (κ3) is 13.8. The predicted molar refractivity (Wildman–Crippen MR) is 59.5 cm³/mol. The fraction of sp³-hybridized carbons (Fsp3) is 0.800. The van der Waals surface area contributed by atoms with Crippen molar-refractivity contribution in [3.63, 3.8) is 0 Å². The first-order valence-electron chi connectivity index (χ1n) is 3.61. The molecular formula is C5H14Cl2N2O6S. The normalized spacial score (nSPS) is 11.4. The van der Waals surface area contributed by atoms with Gasteiger partial charge >= 0.3 is 5.97 Å². The second kappa shape index (κ2) is 12.9. The van der Waals surface area contributed by atoms with Crippen molar-refractivity contribution < 1.29 is 27.6 Å². The van der Waals surface area contributed by atoms with E-state index in [-0.39, 0.29) is 12.3 Å².